The van der Waals surface area contributed by atoms with Gasteiger partial charge < -0.3 is 10.1 Å². The highest BCUT2D eigenvalue weighted by molar-refractivity contribution is 6.02. The van der Waals surface area contributed by atoms with Gasteiger partial charge in [-0.3, -0.25) is 10.1 Å². The lowest BCUT2D eigenvalue weighted by molar-refractivity contribution is -0.117. The van der Waals surface area contributed by atoms with E-state index in [1.54, 1.807) is 0 Å². The van der Waals surface area contributed by atoms with Crippen molar-refractivity contribution in [3.63, 3.8) is 0 Å². The molecule has 72 valence electrons. The molecule has 0 saturated carbocycles. The molecule has 5 heteroatoms. The minimum Gasteiger partial charge on any atom is -0.376 e. The molecule has 2 heterocycles. The molecule has 1 unspecified atom stereocenters. The summed E-state index contributed by atoms with van der Waals surface area (Å²) in [4.78, 5) is 14.7. The number of nitrogens with one attached hydrogen (secondary N) is 2. The van der Waals surface area contributed by atoms with Gasteiger partial charge in [0.05, 0.1) is 6.10 Å². The second-order valence-electron chi connectivity index (χ2n) is 3.23. The zero-order chi connectivity index (χ0) is 9.10. The minimum absolute atomic E-state index is 0.0464. The molecule has 0 aromatic heterocycles. The first-order valence-electron chi connectivity index (χ1n) is 4.54. The molecule has 0 aliphatic carbocycles. The van der Waals surface area contributed by atoms with Gasteiger partial charge >= 0.3 is 0 Å². The molecule has 0 radical (unpaired) electrons. The summed E-state index contributed by atoms with van der Waals surface area (Å²) < 4.78 is 5.41. The maximum Gasteiger partial charge on any atom is 0.248 e. The lowest BCUT2D eigenvalue weighted by Crippen LogP contribution is -2.40. The van der Waals surface area contributed by atoms with E-state index >= 15 is 0 Å². The molecule has 13 heavy (non-hydrogen) atoms. The molecule has 0 aromatic carbocycles. The van der Waals surface area contributed by atoms with Crippen LogP contribution in [0.15, 0.2) is 4.99 Å². The van der Waals surface area contributed by atoms with Gasteiger partial charge in [-0.2, -0.15) is 0 Å². The summed E-state index contributed by atoms with van der Waals surface area (Å²) in [6.07, 6.45) is 2.50. The van der Waals surface area contributed by atoms with Crippen molar-refractivity contribution >= 4 is 11.9 Å². The predicted molar refractivity (Wildman–Crippen MR) is 47.4 cm³/mol. The molecule has 0 aromatic rings. The van der Waals surface area contributed by atoms with Gasteiger partial charge in [0.15, 0.2) is 5.96 Å². The SMILES string of the molecule is O=C1CN=C(NCC2CCCO2)N1. The second-order valence-corrected chi connectivity index (χ2v) is 3.23. The molecule has 1 fully saturated rings. The standard InChI is InChI=1S/C8H13N3O2/c12-7-5-10-8(11-7)9-4-6-2-1-3-13-6/h6H,1-5H2,(H2,9,10,11,12). The van der Waals surface area contributed by atoms with E-state index in [9.17, 15) is 4.79 Å². The Kier molecular flexibility index (Phi) is 2.44. The first kappa shape index (κ1) is 8.50. The third-order valence-corrected chi connectivity index (χ3v) is 2.16. The number of nitrogens with zero attached hydrogens (tertiary/aromatic N) is 1. The van der Waals surface area contributed by atoms with E-state index in [4.69, 9.17) is 4.74 Å². The van der Waals surface area contributed by atoms with E-state index in [2.05, 4.69) is 15.6 Å². The minimum atomic E-state index is -0.0464. The Morgan fingerprint density at radius 2 is 2.62 bits per heavy atom. The summed E-state index contributed by atoms with van der Waals surface area (Å²) in [7, 11) is 0. The fourth-order valence-electron chi connectivity index (χ4n) is 1.48. The van der Waals surface area contributed by atoms with Crippen molar-refractivity contribution in [1.29, 1.82) is 0 Å². The summed E-state index contributed by atoms with van der Waals surface area (Å²) in [5, 5.41) is 5.67. The molecule has 2 N–H and O–H groups in total. The van der Waals surface area contributed by atoms with Crippen molar-refractivity contribution in [3.05, 3.63) is 0 Å². The fourth-order valence-corrected chi connectivity index (χ4v) is 1.48. The van der Waals surface area contributed by atoms with Gasteiger partial charge in [-0.15, -0.1) is 0 Å². The fraction of sp³-hybridized carbons (Fsp3) is 0.750. The second kappa shape index (κ2) is 3.74. The summed E-state index contributed by atoms with van der Waals surface area (Å²) in [6, 6.07) is 0. The van der Waals surface area contributed by atoms with Gasteiger partial charge in [0.2, 0.25) is 5.91 Å². The lowest BCUT2D eigenvalue weighted by Gasteiger charge is -2.10. The van der Waals surface area contributed by atoms with E-state index in [1.165, 1.54) is 0 Å². The molecule has 1 atom stereocenters. The van der Waals surface area contributed by atoms with Crippen LogP contribution in [-0.4, -0.2) is 37.7 Å². The first-order valence-corrected chi connectivity index (χ1v) is 4.54. The molecule has 0 spiro atoms. The summed E-state index contributed by atoms with van der Waals surface area (Å²) in [6.45, 7) is 1.83. The van der Waals surface area contributed by atoms with Gasteiger partial charge in [-0.1, -0.05) is 0 Å². The number of aliphatic imine (C=N–C) groups is 1. The zero-order valence-electron chi connectivity index (χ0n) is 7.38. The number of rotatable bonds is 2. The summed E-state index contributed by atoms with van der Waals surface area (Å²) >= 11 is 0. The van der Waals surface area contributed by atoms with Crippen LogP contribution in [0.1, 0.15) is 12.8 Å². The topological polar surface area (TPSA) is 62.7 Å². The molecule has 2 aliphatic heterocycles. The van der Waals surface area contributed by atoms with Gasteiger partial charge in [-0.05, 0) is 12.8 Å². The van der Waals surface area contributed by atoms with Crippen LogP contribution in [0.5, 0.6) is 0 Å². The Bertz CT molecular complexity index is 234. The number of hydrogen-bond donors (Lipinski definition) is 2. The van der Waals surface area contributed by atoms with Crippen LogP contribution in [0.4, 0.5) is 0 Å². The van der Waals surface area contributed by atoms with E-state index in [1.807, 2.05) is 0 Å². The average molecular weight is 183 g/mol. The van der Waals surface area contributed by atoms with E-state index in [0.29, 0.717) is 5.96 Å². The number of hydrogen-bond acceptors (Lipinski definition) is 4. The number of guanidine groups is 1. The Morgan fingerprint density at radius 3 is 3.23 bits per heavy atom. The van der Waals surface area contributed by atoms with Gasteiger partial charge in [0.25, 0.3) is 0 Å². The van der Waals surface area contributed by atoms with Crippen LogP contribution in [0.2, 0.25) is 0 Å². The van der Waals surface area contributed by atoms with Gasteiger partial charge in [0, 0.05) is 13.2 Å². The highest BCUT2D eigenvalue weighted by atomic mass is 16.5. The largest absolute Gasteiger partial charge is 0.376 e. The summed E-state index contributed by atoms with van der Waals surface area (Å²) in [5.74, 6) is 0.537. The van der Waals surface area contributed by atoms with E-state index in [0.717, 1.165) is 26.0 Å². The number of carbonyl (C=O) groups excluding carboxylic acids is 1. The Morgan fingerprint density at radius 1 is 1.69 bits per heavy atom. The third kappa shape index (κ3) is 2.18. The van der Waals surface area contributed by atoms with Crippen LogP contribution in [0, 0.1) is 0 Å². The maximum absolute atomic E-state index is 10.8. The third-order valence-electron chi connectivity index (χ3n) is 2.16. The molecule has 5 nitrogen and oxygen atoms in total. The molecule has 2 aliphatic rings. The van der Waals surface area contributed by atoms with Crippen molar-refractivity contribution in [2.75, 3.05) is 19.7 Å². The lowest BCUT2D eigenvalue weighted by atomic mass is 10.2. The van der Waals surface area contributed by atoms with Crippen LogP contribution in [0.3, 0.4) is 0 Å². The molecule has 1 saturated heterocycles. The van der Waals surface area contributed by atoms with Gasteiger partial charge in [0.1, 0.15) is 6.54 Å². The Hall–Kier alpha value is -1.10. The monoisotopic (exact) mass is 183 g/mol. The Labute approximate surface area is 76.6 Å². The number of ether oxygens (including phenoxy) is 1. The quantitative estimate of drug-likeness (QED) is 0.591. The highest BCUT2D eigenvalue weighted by Crippen LogP contribution is 2.10. The van der Waals surface area contributed by atoms with Crippen molar-refractivity contribution in [3.8, 4) is 0 Å². The maximum atomic E-state index is 10.8. The van der Waals surface area contributed by atoms with Crippen LogP contribution in [-0.2, 0) is 9.53 Å². The summed E-state index contributed by atoms with van der Waals surface area (Å²) in [5.41, 5.74) is 0. The molecule has 0 bridgehead atoms. The normalized spacial score (nSPS) is 27.2. The number of carbonyl (C=O) groups is 1. The van der Waals surface area contributed by atoms with Crippen molar-refractivity contribution in [2.24, 2.45) is 4.99 Å². The van der Waals surface area contributed by atoms with Gasteiger partial charge in [-0.25, -0.2) is 4.99 Å². The van der Waals surface area contributed by atoms with Crippen LogP contribution < -0.4 is 10.6 Å². The smallest absolute Gasteiger partial charge is 0.248 e. The van der Waals surface area contributed by atoms with Crippen molar-refractivity contribution in [2.45, 2.75) is 18.9 Å². The number of amides is 1. The zero-order valence-corrected chi connectivity index (χ0v) is 7.38. The van der Waals surface area contributed by atoms with Crippen molar-refractivity contribution < 1.29 is 9.53 Å². The van der Waals surface area contributed by atoms with E-state index < -0.39 is 0 Å². The van der Waals surface area contributed by atoms with Crippen molar-refractivity contribution in [1.82, 2.24) is 10.6 Å². The van der Waals surface area contributed by atoms with Crippen LogP contribution in [0.25, 0.3) is 0 Å². The molecular formula is C8H13N3O2. The first-order chi connectivity index (χ1) is 6.34. The van der Waals surface area contributed by atoms with Crippen LogP contribution >= 0.6 is 0 Å². The van der Waals surface area contributed by atoms with E-state index in [-0.39, 0.29) is 18.6 Å². The molecule has 2 rings (SSSR count). The average Bonchev–Trinajstić information content (AvgIpc) is 2.71. The molecular weight excluding hydrogens is 170 g/mol. The highest BCUT2D eigenvalue weighted by Gasteiger charge is 2.17. The predicted octanol–water partition coefficient (Wildman–Crippen LogP) is -0.759. The molecule has 1 amide bonds. The Balaban J connectivity index is 1.70.